The Morgan fingerprint density at radius 1 is 1.27 bits per heavy atom. The van der Waals surface area contributed by atoms with Gasteiger partial charge in [-0.3, -0.25) is 0 Å². The maximum absolute atomic E-state index is 13.0. The highest BCUT2D eigenvalue weighted by Crippen LogP contribution is 2.19. The van der Waals surface area contributed by atoms with E-state index in [4.69, 9.17) is 10.8 Å². The van der Waals surface area contributed by atoms with E-state index in [0.717, 1.165) is 12.1 Å². The largest absolute Gasteiger partial charge is 0.392 e. The summed E-state index contributed by atoms with van der Waals surface area (Å²) in [7, 11) is 0. The summed E-state index contributed by atoms with van der Waals surface area (Å²) < 4.78 is 13.0. The van der Waals surface area contributed by atoms with E-state index in [-0.39, 0.29) is 18.7 Å². The van der Waals surface area contributed by atoms with Crippen molar-refractivity contribution in [1.82, 2.24) is 0 Å². The monoisotopic (exact) mass is 215 g/mol. The second-order valence-electron chi connectivity index (χ2n) is 3.30. The van der Waals surface area contributed by atoms with Crippen LogP contribution in [-0.2, 0) is 6.61 Å². The quantitative estimate of drug-likeness (QED) is 0.554. The molecule has 0 radical (unpaired) electrons. The minimum Gasteiger partial charge on any atom is -0.392 e. The first-order valence-corrected chi connectivity index (χ1v) is 4.55. The second-order valence-corrected chi connectivity index (χ2v) is 3.30. The molecule has 4 nitrogen and oxygen atoms in total. The molecular weight excluding hydrogens is 201 g/mol. The summed E-state index contributed by atoms with van der Waals surface area (Å²) in [6, 6.07) is 3.68. The maximum atomic E-state index is 13.0. The molecule has 0 bridgehead atoms. The molecular formula is C10H14FNO3. The van der Waals surface area contributed by atoms with Gasteiger partial charge in [0.1, 0.15) is 11.9 Å². The van der Waals surface area contributed by atoms with Crippen molar-refractivity contribution < 1.29 is 19.7 Å². The normalized spacial score (nSPS) is 15.0. The SMILES string of the molecule is NCC(O)C(O)c1cc(F)cc(CO)c1. The van der Waals surface area contributed by atoms with E-state index in [0.29, 0.717) is 5.56 Å². The van der Waals surface area contributed by atoms with Crippen LogP contribution in [-0.4, -0.2) is 28.0 Å². The Morgan fingerprint density at radius 2 is 1.93 bits per heavy atom. The molecule has 0 aliphatic carbocycles. The molecule has 84 valence electrons. The number of nitrogens with two attached hydrogens (primary N) is 1. The number of benzene rings is 1. The van der Waals surface area contributed by atoms with Gasteiger partial charge in [0, 0.05) is 6.54 Å². The van der Waals surface area contributed by atoms with Gasteiger partial charge in [0.15, 0.2) is 0 Å². The molecule has 1 aromatic carbocycles. The number of hydrogen-bond donors (Lipinski definition) is 4. The molecule has 0 heterocycles. The van der Waals surface area contributed by atoms with Crippen LogP contribution in [0.2, 0.25) is 0 Å². The van der Waals surface area contributed by atoms with Crippen LogP contribution in [0.25, 0.3) is 0 Å². The van der Waals surface area contributed by atoms with Crippen LogP contribution >= 0.6 is 0 Å². The number of hydrogen-bond acceptors (Lipinski definition) is 4. The average Bonchev–Trinajstić information content (AvgIpc) is 2.26. The highest BCUT2D eigenvalue weighted by molar-refractivity contribution is 5.26. The van der Waals surface area contributed by atoms with E-state index in [2.05, 4.69) is 0 Å². The summed E-state index contributed by atoms with van der Waals surface area (Å²) in [6.07, 6.45) is -2.38. The molecule has 2 unspecified atom stereocenters. The third-order valence-corrected chi connectivity index (χ3v) is 2.11. The minimum absolute atomic E-state index is 0.119. The fourth-order valence-corrected chi connectivity index (χ4v) is 1.29. The molecule has 0 aliphatic rings. The zero-order valence-corrected chi connectivity index (χ0v) is 8.10. The fourth-order valence-electron chi connectivity index (χ4n) is 1.29. The topological polar surface area (TPSA) is 86.7 Å². The van der Waals surface area contributed by atoms with Gasteiger partial charge in [0.05, 0.1) is 12.7 Å². The number of rotatable bonds is 4. The first kappa shape index (κ1) is 12.1. The first-order valence-electron chi connectivity index (χ1n) is 4.55. The van der Waals surface area contributed by atoms with E-state index in [1.165, 1.54) is 6.07 Å². The van der Waals surface area contributed by atoms with Crippen LogP contribution < -0.4 is 5.73 Å². The fraction of sp³-hybridized carbons (Fsp3) is 0.400. The zero-order valence-electron chi connectivity index (χ0n) is 8.10. The van der Waals surface area contributed by atoms with Crippen LogP contribution in [0.1, 0.15) is 17.2 Å². The highest BCUT2D eigenvalue weighted by atomic mass is 19.1. The molecule has 5 N–H and O–H groups in total. The van der Waals surface area contributed by atoms with Gasteiger partial charge in [-0.2, -0.15) is 0 Å². The van der Waals surface area contributed by atoms with Crippen molar-refractivity contribution in [3.05, 3.63) is 35.1 Å². The van der Waals surface area contributed by atoms with Gasteiger partial charge in [-0.1, -0.05) is 6.07 Å². The van der Waals surface area contributed by atoms with Crippen LogP contribution in [0.3, 0.4) is 0 Å². The van der Waals surface area contributed by atoms with Crippen molar-refractivity contribution in [2.75, 3.05) is 6.54 Å². The second kappa shape index (κ2) is 5.18. The van der Waals surface area contributed by atoms with E-state index < -0.39 is 18.0 Å². The number of aliphatic hydroxyl groups excluding tert-OH is 3. The lowest BCUT2D eigenvalue weighted by Crippen LogP contribution is -2.27. The Labute approximate surface area is 86.8 Å². The lowest BCUT2D eigenvalue weighted by Gasteiger charge is -2.17. The van der Waals surface area contributed by atoms with Crippen molar-refractivity contribution in [2.24, 2.45) is 5.73 Å². The molecule has 2 atom stereocenters. The van der Waals surface area contributed by atoms with Crippen LogP contribution in [0.5, 0.6) is 0 Å². The molecule has 0 saturated heterocycles. The molecule has 0 aliphatic heterocycles. The molecule has 1 rings (SSSR count). The number of halogens is 1. The third-order valence-electron chi connectivity index (χ3n) is 2.11. The lowest BCUT2D eigenvalue weighted by molar-refractivity contribution is 0.0241. The molecule has 1 aromatic rings. The average molecular weight is 215 g/mol. The van der Waals surface area contributed by atoms with Crippen molar-refractivity contribution >= 4 is 0 Å². The zero-order chi connectivity index (χ0) is 11.4. The third kappa shape index (κ3) is 2.97. The summed E-state index contributed by atoms with van der Waals surface area (Å²) in [4.78, 5) is 0. The van der Waals surface area contributed by atoms with Crippen LogP contribution in [0.4, 0.5) is 4.39 Å². The van der Waals surface area contributed by atoms with Gasteiger partial charge in [0.25, 0.3) is 0 Å². The van der Waals surface area contributed by atoms with Gasteiger partial charge in [0.2, 0.25) is 0 Å². The summed E-state index contributed by atoms with van der Waals surface area (Å²) >= 11 is 0. The predicted octanol–water partition coefficient (Wildman–Crippen LogP) is -0.329. The van der Waals surface area contributed by atoms with Crippen molar-refractivity contribution in [3.8, 4) is 0 Å². The smallest absolute Gasteiger partial charge is 0.123 e. The van der Waals surface area contributed by atoms with E-state index >= 15 is 0 Å². The Hall–Kier alpha value is -1.01. The summed E-state index contributed by atoms with van der Waals surface area (Å²) in [5.74, 6) is -0.570. The Bertz CT molecular complexity index is 332. The standard InChI is InChI=1S/C10H14FNO3/c11-8-2-6(5-13)1-7(3-8)10(15)9(14)4-12/h1-3,9-10,13-15H,4-5,12H2. The van der Waals surface area contributed by atoms with E-state index in [1.54, 1.807) is 0 Å². The number of aliphatic hydroxyl groups is 3. The Kier molecular flexibility index (Phi) is 4.16. The summed E-state index contributed by atoms with van der Waals surface area (Å²) in [6.45, 7) is -0.442. The maximum Gasteiger partial charge on any atom is 0.123 e. The van der Waals surface area contributed by atoms with Crippen molar-refractivity contribution in [3.63, 3.8) is 0 Å². The first-order chi connectivity index (χ1) is 7.08. The van der Waals surface area contributed by atoms with Gasteiger partial charge < -0.3 is 21.1 Å². The van der Waals surface area contributed by atoms with Gasteiger partial charge in [-0.05, 0) is 23.3 Å². The Morgan fingerprint density at radius 3 is 2.47 bits per heavy atom. The van der Waals surface area contributed by atoms with Crippen LogP contribution in [0.15, 0.2) is 18.2 Å². The molecule has 15 heavy (non-hydrogen) atoms. The van der Waals surface area contributed by atoms with E-state index in [1.807, 2.05) is 0 Å². The van der Waals surface area contributed by atoms with Gasteiger partial charge in [-0.25, -0.2) is 4.39 Å². The predicted molar refractivity (Wildman–Crippen MR) is 52.3 cm³/mol. The van der Waals surface area contributed by atoms with Crippen molar-refractivity contribution in [1.29, 1.82) is 0 Å². The molecule has 0 fully saturated rings. The van der Waals surface area contributed by atoms with E-state index in [9.17, 15) is 14.6 Å². The lowest BCUT2D eigenvalue weighted by atomic mass is 10.0. The molecule has 5 heteroatoms. The highest BCUT2D eigenvalue weighted by Gasteiger charge is 2.17. The molecule has 0 spiro atoms. The van der Waals surface area contributed by atoms with Crippen LogP contribution in [0, 0.1) is 5.82 Å². The van der Waals surface area contributed by atoms with Gasteiger partial charge >= 0.3 is 0 Å². The molecule has 0 amide bonds. The Balaban J connectivity index is 2.97. The summed E-state index contributed by atoms with van der Waals surface area (Å²) in [5.41, 5.74) is 5.71. The summed E-state index contributed by atoms with van der Waals surface area (Å²) in [5, 5.41) is 27.7. The minimum atomic E-state index is -1.24. The molecule has 0 aromatic heterocycles. The molecule has 0 saturated carbocycles. The van der Waals surface area contributed by atoms with Crippen molar-refractivity contribution in [2.45, 2.75) is 18.8 Å². The van der Waals surface area contributed by atoms with Gasteiger partial charge in [-0.15, -0.1) is 0 Å².